The SMILES string of the molecule is N#CCC1CCC(NC(=O)c2ccccc2)CC1. The third-order valence-corrected chi connectivity index (χ3v) is 3.60. The van der Waals surface area contributed by atoms with Crippen molar-refractivity contribution >= 4 is 5.91 Å². The summed E-state index contributed by atoms with van der Waals surface area (Å²) in [6.45, 7) is 0. The average molecular weight is 242 g/mol. The van der Waals surface area contributed by atoms with Gasteiger partial charge in [-0.3, -0.25) is 4.79 Å². The van der Waals surface area contributed by atoms with Crippen LogP contribution in [0.3, 0.4) is 0 Å². The van der Waals surface area contributed by atoms with Crippen LogP contribution in [0.4, 0.5) is 0 Å². The molecule has 1 aromatic rings. The van der Waals surface area contributed by atoms with Crippen molar-refractivity contribution in [2.75, 3.05) is 0 Å². The van der Waals surface area contributed by atoms with Gasteiger partial charge in [0.25, 0.3) is 5.91 Å². The van der Waals surface area contributed by atoms with E-state index in [1.54, 1.807) is 0 Å². The number of hydrogen-bond donors (Lipinski definition) is 1. The van der Waals surface area contributed by atoms with Crippen molar-refractivity contribution in [2.24, 2.45) is 5.92 Å². The summed E-state index contributed by atoms with van der Waals surface area (Å²) < 4.78 is 0. The fourth-order valence-electron chi connectivity index (χ4n) is 2.50. The van der Waals surface area contributed by atoms with Crippen LogP contribution in [0.5, 0.6) is 0 Å². The van der Waals surface area contributed by atoms with Crippen LogP contribution in [0.2, 0.25) is 0 Å². The normalized spacial score (nSPS) is 23.1. The second-order valence-electron chi connectivity index (χ2n) is 4.92. The van der Waals surface area contributed by atoms with Crippen LogP contribution in [-0.4, -0.2) is 11.9 Å². The number of carbonyl (C=O) groups excluding carboxylic acids is 1. The second-order valence-corrected chi connectivity index (χ2v) is 4.92. The Bertz CT molecular complexity index is 428. The molecule has 0 aromatic heterocycles. The summed E-state index contributed by atoms with van der Waals surface area (Å²) >= 11 is 0. The molecular weight excluding hydrogens is 224 g/mol. The molecule has 2 rings (SSSR count). The molecule has 0 unspecified atom stereocenters. The van der Waals surface area contributed by atoms with E-state index in [1.807, 2.05) is 30.3 Å². The highest BCUT2D eigenvalue weighted by atomic mass is 16.1. The van der Waals surface area contributed by atoms with E-state index < -0.39 is 0 Å². The first kappa shape index (κ1) is 12.6. The van der Waals surface area contributed by atoms with Gasteiger partial charge in [0.15, 0.2) is 0 Å². The molecule has 1 saturated carbocycles. The lowest BCUT2D eigenvalue weighted by Crippen LogP contribution is -2.37. The minimum absolute atomic E-state index is 0.0133. The lowest BCUT2D eigenvalue weighted by molar-refractivity contribution is 0.0922. The Kier molecular flexibility index (Phi) is 4.35. The zero-order valence-corrected chi connectivity index (χ0v) is 10.4. The quantitative estimate of drug-likeness (QED) is 0.886. The van der Waals surface area contributed by atoms with E-state index in [1.165, 1.54) is 0 Å². The lowest BCUT2D eigenvalue weighted by Gasteiger charge is -2.27. The third kappa shape index (κ3) is 3.33. The van der Waals surface area contributed by atoms with Gasteiger partial charge in [0, 0.05) is 18.0 Å². The minimum atomic E-state index is 0.0133. The highest BCUT2D eigenvalue weighted by Crippen LogP contribution is 2.26. The molecule has 0 spiro atoms. The number of nitrogens with one attached hydrogen (secondary N) is 1. The maximum Gasteiger partial charge on any atom is 0.251 e. The number of nitriles is 1. The molecule has 1 aromatic carbocycles. The molecule has 1 fully saturated rings. The van der Waals surface area contributed by atoms with E-state index >= 15 is 0 Å². The Balaban J connectivity index is 1.82. The Labute approximate surface area is 108 Å². The van der Waals surface area contributed by atoms with Crippen molar-refractivity contribution < 1.29 is 4.79 Å². The van der Waals surface area contributed by atoms with E-state index in [0.29, 0.717) is 12.3 Å². The number of rotatable bonds is 3. The molecule has 0 heterocycles. The van der Waals surface area contributed by atoms with E-state index in [4.69, 9.17) is 5.26 Å². The summed E-state index contributed by atoms with van der Waals surface area (Å²) in [5.74, 6) is 0.541. The fourth-order valence-corrected chi connectivity index (χ4v) is 2.50. The van der Waals surface area contributed by atoms with E-state index in [2.05, 4.69) is 11.4 Å². The average Bonchev–Trinajstić information content (AvgIpc) is 2.42. The molecule has 0 atom stereocenters. The molecule has 1 N–H and O–H groups in total. The predicted octanol–water partition coefficient (Wildman–Crippen LogP) is 2.89. The molecule has 0 bridgehead atoms. The van der Waals surface area contributed by atoms with Gasteiger partial charge in [0.05, 0.1) is 6.07 Å². The Hall–Kier alpha value is -1.82. The maximum atomic E-state index is 12.0. The Morgan fingerprint density at radius 3 is 2.50 bits per heavy atom. The summed E-state index contributed by atoms with van der Waals surface area (Å²) in [6.07, 6.45) is 4.73. The molecule has 3 nitrogen and oxygen atoms in total. The molecule has 18 heavy (non-hydrogen) atoms. The van der Waals surface area contributed by atoms with Crippen molar-refractivity contribution in [1.82, 2.24) is 5.32 Å². The van der Waals surface area contributed by atoms with Gasteiger partial charge in [-0.25, -0.2) is 0 Å². The van der Waals surface area contributed by atoms with Crippen molar-refractivity contribution in [3.05, 3.63) is 35.9 Å². The predicted molar refractivity (Wildman–Crippen MR) is 69.9 cm³/mol. The summed E-state index contributed by atoms with van der Waals surface area (Å²) in [5.41, 5.74) is 0.719. The minimum Gasteiger partial charge on any atom is -0.349 e. The molecule has 1 amide bonds. The summed E-state index contributed by atoms with van der Waals surface area (Å²) in [4.78, 5) is 12.0. The summed E-state index contributed by atoms with van der Waals surface area (Å²) in [7, 11) is 0. The second kappa shape index (κ2) is 6.20. The van der Waals surface area contributed by atoms with Gasteiger partial charge in [-0.05, 0) is 43.7 Å². The molecule has 1 aliphatic rings. The molecular formula is C15H18N2O. The van der Waals surface area contributed by atoms with Crippen LogP contribution >= 0.6 is 0 Å². The largest absolute Gasteiger partial charge is 0.349 e. The first-order chi connectivity index (χ1) is 8.79. The monoisotopic (exact) mass is 242 g/mol. The van der Waals surface area contributed by atoms with E-state index in [0.717, 1.165) is 31.2 Å². The number of nitrogens with zero attached hydrogens (tertiary/aromatic N) is 1. The van der Waals surface area contributed by atoms with Gasteiger partial charge >= 0.3 is 0 Å². The molecule has 3 heteroatoms. The van der Waals surface area contributed by atoms with Crippen LogP contribution in [0.25, 0.3) is 0 Å². The molecule has 0 radical (unpaired) electrons. The summed E-state index contributed by atoms with van der Waals surface area (Å²) in [6, 6.07) is 11.8. The zero-order chi connectivity index (χ0) is 12.8. The van der Waals surface area contributed by atoms with E-state index in [-0.39, 0.29) is 11.9 Å². The standard InChI is InChI=1S/C15H18N2O/c16-11-10-12-6-8-14(9-7-12)17-15(18)13-4-2-1-3-5-13/h1-5,12,14H,6-10H2,(H,17,18). The van der Waals surface area contributed by atoms with Gasteiger partial charge in [-0.2, -0.15) is 5.26 Å². The van der Waals surface area contributed by atoms with Gasteiger partial charge < -0.3 is 5.32 Å². The van der Waals surface area contributed by atoms with Crippen LogP contribution in [0, 0.1) is 17.2 Å². The van der Waals surface area contributed by atoms with Crippen molar-refractivity contribution in [3.63, 3.8) is 0 Å². The lowest BCUT2D eigenvalue weighted by atomic mass is 9.84. The first-order valence-electron chi connectivity index (χ1n) is 6.52. The van der Waals surface area contributed by atoms with Crippen LogP contribution in [-0.2, 0) is 0 Å². The molecule has 1 aliphatic carbocycles. The van der Waals surface area contributed by atoms with E-state index in [9.17, 15) is 4.79 Å². The van der Waals surface area contributed by atoms with Crippen molar-refractivity contribution in [2.45, 2.75) is 38.1 Å². The maximum absolute atomic E-state index is 12.0. The first-order valence-corrected chi connectivity index (χ1v) is 6.52. The number of hydrogen-bond acceptors (Lipinski definition) is 2. The van der Waals surface area contributed by atoms with Crippen LogP contribution in [0.15, 0.2) is 30.3 Å². The Morgan fingerprint density at radius 1 is 1.22 bits per heavy atom. The van der Waals surface area contributed by atoms with Gasteiger partial charge in [-0.15, -0.1) is 0 Å². The Morgan fingerprint density at radius 2 is 1.89 bits per heavy atom. The number of benzene rings is 1. The van der Waals surface area contributed by atoms with Gasteiger partial charge in [0.1, 0.15) is 0 Å². The smallest absolute Gasteiger partial charge is 0.251 e. The van der Waals surface area contributed by atoms with Crippen molar-refractivity contribution in [1.29, 1.82) is 5.26 Å². The van der Waals surface area contributed by atoms with Gasteiger partial charge in [-0.1, -0.05) is 18.2 Å². The summed E-state index contributed by atoms with van der Waals surface area (Å²) in [5, 5.41) is 11.7. The fraction of sp³-hybridized carbons (Fsp3) is 0.467. The highest BCUT2D eigenvalue weighted by Gasteiger charge is 2.22. The molecule has 0 saturated heterocycles. The van der Waals surface area contributed by atoms with Gasteiger partial charge in [0.2, 0.25) is 0 Å². The molecule has 0 aliphatic heterocycles. The van der Waals surface area contributed by atoms with Crippen LogP contribution < -0.4 is 5.32 Å². The van der Waals surface area contributed by atoms with Crippen molar-refractivity contribution in [3.8, 4) is 6.07 Å². The van der Waals surface area contributed by atoms with Crippen LogP contribution in [0.1, 0.15) is 42.5 Å². The zero-order valence-electron chi connectivity index (χ0n) is 10.4. The third-order valence-electron chi connectivity index (χ3n) is 3.60. The highest BCUT2D eigenvalue weighted by molar-refractivity contribution is 5.94. The molecule has 94 valence electrons. The number of amides is 1. The topological polar surface area (TPSA) is 52.9 Å². The number of carbonyl (C=O) groups is 1.